The fourth-order valence-electron chi connectivity index (χ4n) is 4.16. The lowest BCUT2D eigenvalue weighted by atomic mass is 10.1. The van der Waals surface area contributed by atoms with Crippen LogP contribution >= 0.6 is 0 Å². The lowest BCUT2D eigenvalue weighted by Gasteiger charge is -2.30. The van der Waals surface area contributed by atoms with Crippen LogP contribution in [0.15, 0.2) is 33.9 Å². The maximum absolute atomic E-state index is 14.4. The summed E-state index contributed by atoms with van der Waals surface area (Å²) in [6.45, 7) is 5.40. The number of primary sulfonamides is 1. The number of Topliss-reactive ketones (excluding diaryl/α,β-unsaturated/α-hetero) is 1. The molecule has 14 nitrogen and oxygen atoms in total. The first-order valence-electron chi connectivity index (χ1n) is 12.2. The van der Waals surface area contributed by atoms with E-state index in [4.69, 9.17) is 14.4 Å². The molecule has 0 unspecified atom stereocenters. The van der Waals surface area contributed by atoms with Gasteiger partial charge in [-0.2, -0.15) is 9.97 Å². The van der Waals surface area contributed by atoms with Gasteiger partial charge >= 0.3 is 6.01 Å². The van der Waals surface area contributed by atoms with E-state index in [1.165, 1.54) is 11.0 Å². The summed E-state index contributed by atoms with van der Waals surface area (Å²) in [5.74, 6) is -0.392. The first-order valence-corrected chi connectivity index (χ1v) is 13.8. The molecule has 39 heavy (non-hydrogen) atoms. The fraction of sp³-hybridized carbons (Fsp3) is 0.435. The Bertz CT molecular complexity index is 1610. The van der Waals surface area contributed by atoms with Gasteiger partial charge in [0.1, 0.15) is 18.2 Å². The van der Waals surface area contributed by atoms with Crippen molar-refractivity contribution >= 4 is 33.0 Å². The molecule has 5 rings (SSSR count). The molecule has 2 N–H and O–H groups in total. The highest BCUT2D eigenvalue weighted by Gasteiger charge is 2.26. The van der Waals surface area contributed by atoms with Crippen LogP contribution in [0.1, 0.15) is 55.2 Å². The SMILES string of the molecule is CC(C)c1noc(N2CCC(Oc3ncnc4c3nnn4CCC(=O)c3ccc(S(N)(=O)=O)cc3F)CC2)n1. The number of piperidine rings is 1. The summed E-state index contributed by atoms with van der Waals surface area (Å²) in [6, 6.07) is 3.40. The molecule has 1 saturated heterocycles. The topological polar surface area (TPSA) is 185 Å². The molecule has 206 valence electrons. The summed E-state index contributed by atoms with van der Waals surface area (Å²) in [7, 11) is -4.08. The molecule has 0 aliphatic carbocycles. The number of hydrogen-bond donors (Lipinski definition) is 1. The number of aryl methyl sites for hydroxylation is 1. The molecule has 0 atom stereocenters. The molecule has 0 spiro atoms. The van der Waals surface area contributed by atoms with E-state index < -0.39 is 26.5 Å². The Morgan fingerprint density at radius 3 is 2.69 bits per heavy atom. The predicted molar refractivity (Wildman–Crippen MR) is 134 cm³/mol. The summed E-state index contributed by atoms with van der Waals surface area (Å²) in [4.78, 5) is 27.1. The Labute approximate surface area is 222 Å². The predicted octanol–water partition coefficient (Wildman–Crippen LogP) is 1.83. The zero-order valence-electron chi connectivity index (χ0n) is 21.2. The first-order chi connectivity index (χ1) is 18.6. The van der Waals surface area contributed by atoms with Crippen LogP contribution in [0.2, 0.25) is 0 Å². The smallest absolute Gasteiger partial charge is 0.324 e. The molecular formula is C23H26FN9O5S. The maximum Gasteiger partial charge on any atom is 0.324 e. The lowest BCUT2D eigenvalue weighted by molar-refractivity contribution is 0.0972. The van der Waals surface area contributed by atoms with Crippen LogP contribution in [0.25, 0.3) is 11.2 Å². The number of carbonyl (C=O) groups excluding carboxylic acids is 1. The number of ketones is 1. The third-order valence-electron chi connectivity index (χ3n) is 6.32. The van der Waals surface area contributed by atoms with Gasteiger partial charge in [0.25, 0.3) is 0 Å². The number of anilines is 1. The average Bonchev–Trinajstić information content (AvgIpc) is 3.56. The molecule has 0 bridgehead atoms. The number of halogens is 1. The summed E-state index contributed by atoms with van der Waals surface area (Å²) < 4.78 is 50.0. The van der Waals surface area contributed by atoms with E-state index in [1.807, 2.05) is 18.7 Å². The molecule has 1 fully saturated rings. The normalized spacial score (nSPS) is 14.8. The summed E-state index contributed by atoms with van der Waals surface area (Å²) >= 11 is 0. The average molecular weight is 560 g/mol. The van der Waals surface area contributed by atoms with Gasteiger partial charge in [-0.1, -0.05) is 24.2 Å². The van der Waals surface area contributed by atoms with Crippen LogP contribution < -0.4 is 14.8 Å². The van der Waals surface area contributed by atoms with Crippen molar-refractivity contribution in [1.29, 1.82) is 0 Å². The summed E-state index contributed by atoms with van der Waals surface area (Å²) in [5.41, 5.74) is 0.453. The number of nitrogens with two attached hydrogens (primary N) is 1. The molecule has 16 heteroatoms. The highest BCUT2D eigenvalue weighted by atomic mass is 32.2. The van der Waals surface area contributed by atoms with Gasteiger partial charge < -0.3 is 14.2 Å². The van der Waals surface area contributed by atoms with Crippen molar-refractivity contribution in [3.8, 4) is 5.88 Å². The lowest BCUT2D eigenvalue weighted by Crippen LogP contribution is -2.38. The number of nitrogens with zero attached hydrogens (tertiary/aromatic N) is 8. The molecule has 1 aliphatic heterocycles. The van der Waals surface area contributed by atoms with E-state index in [1.54, 1.807) is 0 Å². The highest BCUT2D eigenvalue weighted by molar-refractivity contribution is 7.89. The molecular weight excluding hydrogens is 533 g/mol. The van der Waals surface area contributed by atoms with Gasteiger partial charge in [0, 0.05) is 38.3 Å². The third kappa shape index (κ3) is 5.70. The minimum Gasteiger partial charge on any atom is -0.472 e. The standard InChI is InChI=1S/C23H26FN9O5S/c1-13(2)20-28-23(38-30-20)32-8-5-14(6-9-32)37-22-19-21(26-12-27-22)33(31-29-19)10-7-18(34)16-4-3-15(11-17(16)24)39(25,35)36/h3-4,11-14H,5-10H2,1-2H3,(H2,25,35,36). The minimum absolute atomic E-state index is 0.0586. The van der Waals surface area contributed by atoms with Crippen molar-refractivity contribution in [1.82, 2.24) is 35.1 Å². The largest absolute Gasteiger partial charge is 0.472 e. The number of sulfonamides is 1. The van der Waals surface area contributed by atoms with Gasteiger partial charge in [-0.05, 0) is 18.2 Å². The second-order valence-electron chi connectivity index (χ2n) is 9.42. The summed E-state index contributed by atoms with van der Waals surface area (Å²) in [5, 5.41) is 17.2. The monoisotopic (exact) mass is 559 g/mol. The number of rotatable bonds is 9. The van der Waals surface area contributed by atoms with Crippen molar-refractivity contribution in [3.05, 3.63) is 41.7 Å². The first kappa shape index (κ1) is 26.6. The molecule has 1 aliphatic rings. The number of ether oxygens (including phenoxy) is 1. The van der Waals surface area contributed by atoms with Gasteiger partial charge in [-0.3, -0.25) is 4.79 Å². The van der Waals surface area contributed by atoms with Crippen molar-refractivity contribution < 1.29 is 26.9 Å². The zero-order valence-corrected chi connectivity index (χ0v) is 22.0. The Kier molecular flexibility index (Phi) is 7.22. The van der Waals surface area contributed by atoms with E-state index in [9.17, 15) is 17.6 Å². The Morgan fingerprint density at radius 2 is 2.03 bits per heavy atom. The second kappa shape index (κ2) is 10.6. The maximum atomic E-state index is 14.4. The minimum atomic E-state index is -4.08. The van der Waals surface area contributed by atoms with Crippen molar-refractivity contribution in [2.24, 2.45) is 5.14 Å². The molecule has 4 heterocycles. The number of benzene rings is 1. The Hall–Kier alpha value is -4.05. The van der Waals surface area contributed by atoms with Gasteiger partial charge in [-0.15, -0.1) is 5.10 Å². The van der Waals surface area contributed by atoms with E-state index in [0.717, 1.165) is 18.2 Å². The number of hydrogen-bond acceptors (Lipinski definition) is 12. The van der Waals surface area contributed by atoms with Gasteiger partial charge in [0.05, 0.1) is 17.0 Å². The second-order valence-corrected chi connectivity index (χ2v) is 11.0. The van der Waals surface area contributed by atoms with Crippen molar-refractivity contribution in [2.45, 2.75) is 56.6 Å². The van der Waals surface area contributed by atoms with Crippen LogP contribution in [0, 0.1) is 5.82 Å². The van der Waals surface area contributed by atoms with E-state index in [0.29, 0.717) is 48.9 Å². The van der Waals surface area contributed by atoms with Crippen LogP contribution in [-0.2, 0) is 16.6 Å². The molecule has 4 aromatic rings. The molecule has 0 amide bonds. The Balaban J connectivity index is 1.21. The number of carbonyl (C=O) groups is 1. The summed E-state index contributed by atoms with van der Waals surface area (Å²) in [6.07, 6.45) is 2.47. The van der Waals surface area contributed by atoms with Crippen molar-refractivity contribution in [3.63, 3.8) is 0 Å². The fourth-order valence-corrected chi connectivity index (χ4v) is 4.69. The van der Waals surface area contributed by atoms with Crippen LogP contribution in [-0.4, -0.2) is 68.5 Å². The van der Waals surface area contributed by atoms with Gasteiger partial charge in [0.15, 0.2) is 22.8 Å². The van der Waals surface area contributed by atoms with Gasteiger partial charge in [0.2, 0.25) is 15.9 Å². The third-order valence-corrected chi connectivity index (χ3v) is 7.24. The molecule has 0 saturated carbocycles. The quantitative estimate of drug-likeness (QED) is 0.294. The van der Waals surface area contributed by atoms with Crippen LogP contribution in [0.5, 0.6) is 5.88 Å². The number of fused-ring (bicyclic) bond motifs is 1. The van der Waals surface area contributed by atoms with E-state index >= 15 is 0 Å². The molecule has 0 radical (unpaired) electrons. The van der Waals surface area contributed by atoms with E-state index in [-0.39, 0.29) is 36.4 Å². The highest BCUT2D eigenvalue weighted by Crippen LogP contribution is 2.26. The van der Waals surface area contributed by atoms with Crippen LogP contribution in [0.3, 0.4) is 0 Å². The van der Waals surface area contributed by atoms with E-state index in [2.05, 4.69) is 30.4 Å². The van der Waals surface area contributed by atoms with Crippen molar-refractivity contribution in [2.75, 3.05) is 18.0 Å². The Morgan fingerprint density at radius 1 is 1.26 bits per heavy atom. The van der Waals surface area contributed by atoms with Gasteiger partial charge in [-0.25, -0.2) is 27.6 Å². The van der Waals surface area contributed by atoms with Crippen LogP contribution in [0.4, 0.5) is 10.4 Å². The molecule has 3 aromatic heterocycles. The zero-order chi connectivity index (χ0) is 27.7. The molecule has 1 aromatic carbocycles. The number of aromatic nitrogens is 7.